The number of aliphatic hydroxyl groups is 1. The monoisotopic (exact) mass is 283 g/mol. The van der Waals surface area contributed by atoms with Crippen molar-refractivity contribution in [2.24, 2.45) is 0 Å². The first-order valence-corrected chi connectivity index (χ1v) is 5.76. The molecule has 0 fully saturated rings. The fourth-order valence-corrected chi connectivity index (χ4v) is 1.54. The molecule has 0 saturated heterocycles. The van der Waals surface area contributed by atoms with Crippen molar-refractivity contribution in [1.29, 1.82) is 0 Å². The van der Waals surface area contributed by atoms with Crippen LogP contribution in [0.1, 0.15) is 12.5 Å². The maximum Gasteiger partial charge on any atom is 0.244 e. The van der Waals surface area contributed by atoms with Crippen molar-refractivity contribution < 1.29 is 9.90 Å². The predicted octanol–water partition coefficient (Wildman–Crippen LogP) is 1.96. The van der Waals surface area contributed by atoms with Crippen LogP contribution in [0.4, 0.5) is 0 Å². The molecule has 0 bridgehead atoms. The number of nitrogens with one attached hydrogen (secondary N) is 1. The Labute approximate surface area is 103 Å². The van der Waals surface area contributed by atoms with Crippen LogP contribution in [0.25, 0.3) is 6.08 Å². The highest BCUT2D eigenvalue weighted by Gasteiger charge is 2.01. The molecule has 0 heterocycles. The van der Waals surface area contributed by atoms with Crippen LogP contribution in [0.3, 0.4) is 0 Å². The molecule has 0 aromatic heterocycles. The third kappa shape index (κ3) is 4.59. The molecule has 0 unspecified atom stereocenters. The van der Waals surface area contributed by atoms with Crippen LogP contribution in [0, 0.1) is 0 Å². The van der Waals surface area contributed by atoms with Gasteiger partial charge in [-0.2, -0.15) is 0 Å². The van der Waals surface area contributed by atoms with Gasteiger partial charge in [0.25, 0.3) is 0 Å². The standard InChI is InChI=1S/C12H14BrNO2/c1-9(8-15)14-12(16)6-5-10-3-2-4-11(13)7-10/h2-7,9,15H,8H2,1H3,(H,14,16)/t9-/m1/s1. The molecule has 1 rings (SSSR count). The van der Waals surface area contributed by atoms with Gasteiger partial charge in [-0.25, -0.2) is 0 Å². The molecule has 0 radical (unpaired) electrons. The molecule has 16 heavy (non-hydrogen) atoms. The lowest BCUT2D eigenvalue weighted by Gasteiger charge is -2.07. The van der Waals surface area contributed by atoms with E-state index in [0.29, 0.717) is 0 Å². The molecule has 0 spiro atoms. The Kier molecular flexibility index (Phi) is 5.22. The molecular formula is C12H14BrNO2. The molecule has 1 aromatic carbocycles. The van der Waals surface area contributed by atoms with Crippen LogP contribution >= 0.6 is 15.9 Å². The minimum atomic E-state index is -0.223. The van der Waals surface area contributed by atoms with Gasteiger partial charge in [0, 0.05) is 16.6 Å². The second-order valence-electron chi connectivity index (χ2n) is 3.48. The maximum absolute atomic E-state index is 11.3. The molecule has 0 aliphatic rings. The minimum absolute atomic E-state index is 0.0591. The molecule has 0 aliphatic carbocycles. The van der Waals surface area contributed by atoms with Crippen LogP contribution in [0.15, 0.2) is 34.8 Å². The van der Waals surface area contributed by atoms with Gasteiger partial charge in [0.05, 0.1) is 6.61 Å². The van der Waals surface area contributed by atoms with Gasteiger partial charge in [-0.1, -0.05) is 28.1 Å². The van der Waals surface area contributed by atoms with Gasteiger partial charge in [0.2, 0.25) is 5.91 Å². The molecule has 1 aromatic rings. The van der Waals surface area contributed by atoms with Gasteiger partial charge in [-0.3, -0.25) is 4.79 Å². The Morgan fingerprint density at radius 3 is 3.00 bits per heavy atom. The molecular weight excluding hydrogens is 270 g/mol. The quantitative estimate of drug-likeness (QED) is 0.830. The minimum Gasteiger partial charge on any atom is -0.394 e. The first-order valence-electron chi connectivity index (χ1n) is 4.97. The Hall–Kier alpha value is -1.13. The molecule has 2 N–H and O–H groups in total. The average molecular weight is 284 g/mol. The number of halogens is 1. The SMILES string of the molecule is C[C@H](CO)NC(=O)C=Cc1cccc(Br)c1. The summed E-state index contributed by atoms with van der Waals surface area (Å²) >= 11 is 3.35. The topological polar surface area (TPSA) is 49.3 Å². The third-order valence-electron chi connectivity index (χ3n) is 1.94. The molecule has 1 amide bonds. The first kappa shape index (κ1) is 12.9. The zero-order valence-electron chi connectivity index (χ0n) is 8.98. The summed E-state index contributed by atoms with van der Waals surface area (Å²) in [7, 11) is 0. The van der Waals surface area contributed by atoms with Crippen LogP contribution < -0.4 is 5.32 Å². The molecule has 0 saturated carbocycles. The molecule has 0 aliphatic heterocycles. The van der Waals surface area contributed by atoms with Crippen molar-refractivity contribution in [3.8, 4) is 0 Å². The molecule has 1 atom stereocenters. The number of benzene rings is 1. The summed E-state index contributed by atoms with van der Waals surface area (Å²) in [5.41, 5.74) is 0.946. The first-order chi connectivity index (χ1) is 7.61. The smallest absolute Gasteiger partial charge is 0.244 e. The maximum atomic E-state index is 11.3. The Bertz CT molecular complexity index is 390. The summed E-state index contributed by atoms with van der Waals surface area (Å²) in [6, 6.07) is 7.42. The Balaban J connectivity index is 2.56. The van der Waals surface area contributed by atoms with E-state index in [1.165, 1.54) is 6.08 Å². The predicted molar refractivity (Wildman–Crippen MR) is 67.9 cm³/mol. The van der Waals surface area contributed by atoms with Crippen molar-refractivity contribution in [3.05, 3.63) is 40.4 Å². The number of aliphatic hydroxyl groups excluding tert-OH is 1. The second kappa shape index (κ2) is 6.45. The fourth-order valence-electron chi connectivity index (χ4n) is 1.12. The largest absolute Gasteiger partial charge is 0.394 e. The number of rotatable bonds is 4. The summed E-state index contributed by atoms with van der Waals surface area (Å²) in [6.07, 6.45) is 3.18. The molecule has 3 nitrogen and oxygen atoms in total. The van der Waals surface area contributed by atoms with E-state index in [9.17, 15) is 4.79 Å². The van der Waals surface area contributed by atoms with Crippen molar-refractivity contribution in [2.45, 2.75) is 13.0 Å². The average Bonchev–Trinajstić information content (AvgIpc) is 2.26. The Morgan fingerprint density at radius 1 is 1.62 bits per heavy atom. The zero-order chi connectivity index (χ0) is 12.0. The van der Waals surface area contributed by atoms with Crippen LogP contribution in [0.5, 0.6) is 0 Å². The van der Waals surface area contributed by atoms with Gasteiger partial charge < -0.3 is 10.4 Å². The lowest BCUT2D eigenvalue weighted by molar-refractivity contribution is -0.117. The van der Waals surface area contributed by atoms with Crippen molar-refractivity contribution in [2.75, 3.05) is 6.61 Å². The van der Waals surface area contributed by atoms with Crippen LogP contribution in [-0.2, 0) is 4.79 Å². The number of hydrogen-bond donors (Lipinski definition) is 2. The highest BCUT2D eigenvalue weighted by atomic mass is 79.9. The van der Waals surface area contributed by atoms with Gasteiger partial charge in [0.1, 0.15) is 0 Å². The van der Waals surface area contributed by atoms with Gasteiger partial charge in [-0.15, -0.1) is 0 Å². The number of hydrogen-bond acceptors (Lipinski definition) is 2. The number of carbonyl (C=O) groups is 1. The summed E-state index contributed by atoms with van der Waals surface area (Å²) in [5, 5.41) is 11.4. The van der Waals surface area contributed by atoms with E-state index in [4.69, 9.17) is 5.11 Å². The van der Waals surface area contributed by atoms with E-state index in [-0.39, 0.29) is 18.6 Å². The zero-order valence-corrected chi connectivity index (χ0v) is 10.6. The lowest BCUT2D eigenvalue weighted by atomic mass is 10.2. The summed E-state index contributed by atoms with van der Waals surface area (Å²) in [4.78, 5) is 11.3. The van der Waals surface area contributed by atoms with Gasteiger partial charge in [0.15, 0.2) is 0 Å². The number of carbonyl (C=O) groups excluding carboxylic acids is 1. The third-order valence-corrected chi connectivity index (χ3v) is 2.43. The van der Waals surface area contributed by atoms with E-state index in [1.807, 2.05) is 24.3 Å². The summed E-state index contributed by atoms with van der Waals surface area (Å²) in [5.74, 6) is -0.207. The Morgan fingerprint density at radius 2 is 2.38 bits per heavy atom. The number of amides is 1. The summed E-state index contributed by atoms with van der Waals surface area (Å²) in [6.45, 7) is 1.68. The van der Waals surface area contributed by atoms with Crippen LogP contribution in [0.2, 0.25) is 0 Å². The van der Waals surface area contributed by atoms with Crippen molar-refractivity contribution >= 4 is 27.9 Å². The van der Waals surface area contributed by atoms with Gasteiger partial charge >= 0.3 is 0 Å². The summed E-state index contributed by atoms with van der Waals surface area (Å²) < 4.78 is 0.971. The van der Waals surface area contributed by atoms with Crippen molar-refractivity contribution in [1.82, 2.24) is 5.32 Å². The van der Waals surface area contributed by atoms with Gasteiger partial charge in [-0.05, 0) is 30.7 Å². The van der Waals surface area contributed by atoms with Crippen LogP contribution in [-0.4, -0.2) is 23.7 Å². The molecule has 4 heteroatoms. The van der Waals surface area contributed by atoms with E-state index < -0.39 is 0 Å². The molecule has 86 valence electrons. The normalized spacial score (nSPS) is 12.7. The van der Waals surface area contributed by atoms with E-state index in [0.717, 1.165) is 10.0 Å². The highest BCUT2D eigenvalue weighted by molar-refractivity contribution is 9.10. The van der Waals surface area contributed by atoms with E-state index in [2.05, 4.69) is 21.2 Å². The van der Waals surface area contributed by atoms with E-state index in [1.54, 1.807) is 13.0 Å². The van der Waals surface area contributed by atoms with E-state index >= 15 is 0 Å². The van der Waals surface area contributed by atoms with Crippen molar-refractivity contribution in [3.63, 3.8) is 0 Å². The fraction of sp³-hybridized carbons (Fsp3) is 0.250. The lowest BCUT2D eigenvalue weighted by Crippen LogP contribution is -2.33. The highest BCUT2D eigenvalue weighted by Crippen LogP contribution is 2.12. The second-order valence-corrected chi connectivity index (χ2v) is 4.40.